The Labute approximate surface area is 148 Å². The summed E-state index contributed by atoms with van der Waals surface area (Å²) < 4.78 is 30.5. The van der Waals surface area contributed by atoms with Crippen LogP contribution in [0.4, 0.5) is 0 Å². The highest BCUT2D eigenvalue weighted by molar-refractivity contribution is 7.88. The normalized spacial score (nSPS) is 17.3. The third-order valence-electron chi connectivity index (χ3n) is 4.72. The number of hydrogen-bond donors (Lipinski definition) is 0. The third kappa shape index (κ3) is 4.45. The van der Waals surface area contributed by atoms with E-state index in [0.717, 1.165) is 31.5 Å². The molecule has 1 aromatic carbocycles. The van der Waals surface area contributed by atoms with Gasteiger partial charge in [-0.05, 0) is 31.9 Å². The van der Waals surface area contributed by atoms with Gasteiger partial charge in [0.05, 0.1) is 12.8 Å². The maximum Gasteiger partial charge on any atom is 0.247 e. The van der Waals surface area contributed by atoms with Crippen LogP contribution in [0.3, 0.4) is 0 Å². The highest BCUT2D eigenvalue weighted by Crippen LogP contribution is 2.21. The fourth-order valence-electron chi connectivity index (χ4n) is 3.03. The van der Waals surface area contributed by atoms with Gasteiger partial charge in [0.25, 0.3) is 0 Å². The van der Waals surface area contributed by atoms with Gasteiger partial charge >= 0.3 is 0 Å². The molecular formula is C17H24N4O3S. The number of hydrogen-bond acceptors (Lipinski definition) is 6. The maximum absolute atomic E-state index is 11.6. The van der Waals surface area contributed by atoms with Crippen molar-refractivity contribution < 1.29 is 12.8 Å². The lowest BCUT2D eigenvalue weighted by molar-refractivity contribution is 0.153. The highest BCUT2D eigenvalue weighted by atomic mass is 32.2. The molecular weight excluding hydrogens is 340 g/mol. The van der Waals surface area contributed by atoms with E-state index in [1.165, 1.54) is 16.1 Å². The van der Waals surface area contributed by atoms with E-state index in [1.54, 1.807) is 7.05 Å². The number of rotatable bonds is 5. The molecule has 1 saturated heterocycles. The quantitative estimate of drug-likeness (QED) is 0.806. The minimum Gasteiger partial charge on any atom is -0.419 e. The number of aryl methyl sites for hydroxylation is 1. The molecule has 25 heavy (non-hydrogen) atoms. The van der Waals surface area contributed by atoms with Gasteiger partial charge in [0.1, 0.15) is 0 Å². The van der Waals surface area contributed by atoms with E-state index >= 15 is 0 Å². The van der Waals surface area contributed by atoms with Crippen LogP contribution in [0.15, 0.2) is 28.7 Å². The Bertz CT molecular complexity index is 809. The molecule has 8 heteroatoms. The molecule has 0 aliphatic carbocycles. The van der Waals surface area contributed by atoms with Crippen LogP contribution in [-0.2, 0) is 16.6 Å². The van der Waals surface area contributed by atoms with Crippen LogP contribution in [0.5, 0.6) is 0 Å². The van der Waals surface area contributed by atoms with Crippen molar-refractivity contribution in [2.24, 2.45) is 0 Å². The summed E-state index contributed by atoms with van der Waals surface area (Å²) >= 11 is 0. The van der Waals surface area contributed by atoms with Gasteiger partial charge in [0, 0.05) is 31.7 Å². The first kappa shape index (κ1) is 18.0. The standard InChI is InChI=1S/C17H24N4O3S/c1-13-4-6-14(7-5-13)17-19-18-16(24-17)12-21-10-8-15(9-11-21)20(2)25(3,22)23/h4-7,15H,8-12H2,1-3H3. The Morgan fingerprint density at radius 1 is 1.20 bits per heavy atom. The lowest BCUT2D eigenvalue weighted by Gasteiger charge is -2.34. The van der Waals surface area contributed by atoms with Gasteiger partial charge in [-0.1, -0.05) is 17.7 Å². The second-order valence-electron chi connectivity index (χ2n) is 6.65. The SMILES string of the molecule is Cc1ccc(-c2nnc(CN3CCC(N(C)S(C)(=O)=O)CC3)o2)cc1. The van der Waals surface area contributed by atoms with E-state index in [1.807, 2.05) is 31.2 Å². The first-order chi connectivity index (χ1) is 11.8. The molecule has 1 aliphatic heterocycles. The van der Waals surface area contributed by atoms with Crippen LogP contribution in [0.2, 0.25) is 0 Å². The average Bonchev–Trinajstić information content (AvgIpc) is 3.03. The average molecular weight is 364 g/mol. The minimum atomic E-state index is -3.14. The smallest absolute Gasteiger partial charge is 0.247 e. The van der Waals surface area contributed by atoms with Crippen molar-refractivity contribution in [2.45, 2.75) is 32.4 Å². The molecule has 0 saturated carbocycles. The van der Waals surface area contributed by atoms with Crippen molar-refractivity contribution in [1.82, 2.24) is 19.4 Å². The Morgan fingerprint density at radius 3 is 2.44 bits per heavy atom. The van der Waals surface area contributed by atoms with Gasteiger partial charge in [-0.2, -0.15) is 0 Å². The zero-order valence-electron chi connectivity index (χ0n) is 14.8. The lowest BCUT2D eigenvalue weighted by atomic mass is 10.1. The van der Waals surface area contributed by atoms with Crippen LogP contribution in [0, 0.1) is 6.92 Å². The summed E-state index contributed by atoms with van der Waals surface area (Å²) in [6.45, 7) is 4.25. The molecule has 0 spiro atoms. The fourth-order valence-corrected chi connectivity index (χ4v) is 3.79. The summed E-state index contributed by atoms with van der Waals surface area (Å²) in [5.74, 6) is 1.12. The topological polar surface area (TPSA) is 79.5 Å². The molecule has 2 heterocycles. The molecule has 2 aromatic rings. The number of aromatic nitrogens is 2. The summed E-state index contributed by atoms with van der Waals surface area (Å²) in [4.78, 5) is 2.22. The van der Waals surface area contributed by atoms with Crippen LogP contribution >= 0.6 is 0 Å². The van der Waals surface area contributed by atoms with Crippen molar-refractivity contribution in [1.29, 1.82) is 0 Å². The Balaban J connectivity index is 1.57. The first-order valence-electron chi connectivity index (χ1n) is 8.38. The largest absolute Gasteiger partial charge is 0.419 e. The van der Waals surface area contributed by atoms with E-state index in [9.17, 15) is 8.42 Å². The number of piperidine rings is 1. The molecule has 1 fully saturated rings. The van der Waals surface area contributed by atoms with Crippen molar-refractivity contribution in [2.75, 3.05) is 26.4 Å². The van der Waals surface area contributed by atoms with E-state index in [-0.39, 0.29) is 6.04 Å². The Hall–Kier alpha value is -1.77. The first-order valence-corrected chi connectivity index (χ1v) is 10.2. The number of likely N-dealkylation sites (tertiary alicyclic amines) is 1. The monoisotopic (exact) mass is 364 g/mol. The molecule has 3 rings (SSSR count). The molecule has 136 valence electrons. The lowest BCUT2D eigenvalue weighted by Crippen LogP contribution is -2.44. The van der Waals surface area contributed by atoms with E-state index in [2.05, 4.69) is 15.1 Å². The van der Waals surface area contributed by atoms with Crippen molar-refractivity contribution in [3.05, 3.63) is 35.7 Å². The highest BCUT2D eigenvalue weighted by Gasteiger charge is 2.27. The van der Waals surface area contributed by atoms with Crippen LogP contribution < -0.4 is 0 Å². The van der Waals surface area contributed by atoms with Crippen LogP contribution in [-0.4, -0.2) is 60.3 Å². The van der Waals surface area contributed by atoms with E-state index in [4.69, 9.17) is 4.42 Å². The molecule has 7 nitrogen and oxygen atoms in total. The van der Waals surface area contributed by atoms with E-state index in [0.29, 0.717) is 18.3 Å². The molecule has 0 unspecified atom stereocenters. The second-order valence-corrected chi connectivity index (χ2v) is 8.70. The number of nitrogens with zero attached hydrogens (tertiary/aromatic N) is 4. The summed E-state index contributed by atoms with van der Waals surface area (Å²) in [5.41, 5.74) is 2.10. The molecule has 1 aromatic heterocycles. The van der Waals surface area contributed by atoms with Gasteiger partial charge in [0.2, 0.25) is 21.8 Å². The van der Waals surface area contributed by atoms with Gasteiger partial charge in [-0.25, -0.2) is 12.7 Å². The third-order valence-corrected chi connectivity index (χ3v) is 6.06. The number of benzene rings is 1. The predicted molar refractivity (Wildman–Crippen MR) is 95.4 cm³/mol. The molecule has 0 amide bonds. The van der Waals surface area contributed by atoms with Gasteiger partial charge in [0.15, 0.2) is 0 Å². The fraction of sp³-hybridized carbons (Fsp3) is 0.529. The van der Waals surface area contributed by atoms with Crippen LogP contribution in [0.25, 0.3) is 11.5 Å². The van der Waals surface area contributed by atoms with Gasteiger partial charge in [-0.15, -0.1) is 10.2 Å². The zero-order chi connectivity index (χ0) is 18.0. The molecule has 1 aliphatic rings. The summed E-state index contributed by atoms with van der Waals surface area (Å²) in [6, 6.07) is 8.04. The minimum absolute atomic E-state index is 0.0667. The van der Waals surface area contributed by atoms with Gasteiger partial charge in [-0.3, -0.25) is 4.90 Å². The summed E-state index contributed by atoms with van der Waals surface area (Å²) in [7, 11) is -1.48. The molecule has 0 bridgehead atoms. The number of sulfonamides is 1. The van der Waals surface area contributed by atoms with Crippen molar-refractivity contribution in [3.63, 3.8) is 0 Å². The summed E-state index contributed by atoms with van der Waals surface area (Å²) in [6.07, 6.45) is 2.87. The van der Waals surface area contributed by atoms with Crippen molar-refractivity contribution in [3.8, 4) is 11.5 Å². The molecule has 0 radical (unpaired) electrons. The van der Waals surface area contributed by atoms with Gasteiger partial charge < -0.3 is 4.42 Å². The Kier molecular flexibility index (Phi) is 5.21. The van der Waals surface area contributed by atoms with E-state index < -0.39 is 10.0 Å². The van der Waals surface area contributed by atoms with Crippen molar-refractivity contribution >= 4 is 10.0 Å². The zero-order valence-corrected chi connectivity index (χ0v) is 15.7. The Morgan fingerprint density at radius 2 is 1.84 bits per heavy atom. The van der Waals surface area contributed by atoms with Crippen LogP contribution in [0.1, 0.15) is 24.3 Å². The predicted octanol–water partition coefficient (Wildman–Crippen LogP) is 1.90. The molecule has 0 atom stereocenters. The maximum atomic E-state index is 11.6. The summed E-state index contributed by atoms with van der Waals surface area (Å²) in [5, 5.41) is 8.26. The molecule has 0 N–H and O–H groups in total. The second kappa shape index (κ2) is 7.23.